The fraction of sp³-hybridized carbons (Fsp3) is 0.448. The molecule has 0 saturated carbocycles. The van der Waals surface area contributed by atoms with Crippen LogP contribution in [0.15, 0.2) is 48.5 Å². The van der Waals surface area contributed by atoms with E-state index in [9.17, 15) is 5.26 Å². The Balaban J connectivity index is 1.09. The van der Waals surface area contributed by atoms with Crippen LogP contribution in [0, 0.1) is 11.3 Å². The standard InChI is InChI=1S/C29H35BN6O/c1-19-12-35(26-9-5-21(11-31)28-25(26)8-10-27(30)33-28)16-24(37-19)15-34-13-22(14-34)20-3-6-23(7-4-20)36-17-29(2,32)18-36/h3-10,19,22,24H,12-18,30,32H2,1-2H3/t19-,24+/m1/s1. The molecule has 190 valence electrons. The molecule has 2 N–H and O–H groups in total. The number of aromatic nitrogens is 1. The number of nitrogens with two attached hydrogens (primary N) is 1. The van der Waals surface area contributed by atoms with Gasteiger partial charge in [-0.2, -0.15) is 5.26 Å². The third-order valence-electron chi connectivity index (χ3n) is 8.01. The van der Waals surface area contributed by atoms with Gasteiger partial charge in [0.1, 0.15) is 6.07 Å². The van der Waals surface area contributed by atoms with Gasteiger partial charge >= 0.3 is 0 Å². The second-order valence-electron chi connectivity index (χ2n) is 11.6. The topological polar surface area (TPSA) is 81.6 Å². The van der Waals surface area contributed by atoms with Gasteiger partial charge in [-0.15, -0.1) is 0 Å². The van der Waals surface area contributed by atoms with Crippen molar-refractivity contribution in [3.8, 4) is 6.07 Å². The Morgan fingerprint density at radius 2 is 1.81 bits per heavy atom. The molecule has 3 aromatic rings. The van der Waals surface area contributed by atoms with Gasteiger partial charge in [0.15, 0.2) is 7.85 Å². The maximum Gasteiger partial charge on any atom is 0.163 e. The molecule has 8 heteroatoms. The van der Waals surface area contributed by atoms with Crippen LogP contribution in [0.2, 0.25) is 0 Å². The molecule has 0 aliphatic carbocycles. The van der Waals surface area contributed by atoms with E-state index in [2.05, 4.69) is 76.0 Å². The molecule has 4 heterocycles. The maximum absolute atomic E-state index is 9.58. The van der Waals surface area contributed by atoms with E-state index in [0.29, 0.717) is 11.5 Å². The molecule has 2 aromatic carbocycles. The van der Waals surface area contributed by atoms with Crippen LogP contribution in [-0.2, 0) is 4.74 Å². The molecule has 7 nitrogen and oxygen atoms in total. The number of hydrogen-bond acceptors (Lipinski definition) is 7. The second-order valence-corrected chi connectivity index (χ2v) is 11.6. The predicted molar refractivity (Wildman–Crippen MR) is 152 cm³/mol. The Morgan fingerprint density at radius 3 is 2.51 bits per heavy atom. The first-order chi connectivity index (χ1) is 17.8. The van der Waals surface area contributed by atoms with Crippen molar-refractivity contribution in [1.29, 1.82) is 5.26 Å². The summed E-state index contributed by atoms with van der Waals surface area (Å²) in [5.74, 6) is 0.583. The number of rotatable bonds is 5. The van der Waals surface area contributed by atoms with Crippen molar-refractivity contribution in [3.05, 3.63) is 59.7 Å². The second kappa shape index (κ2) is 9.32. The Morgan fingerprint density at radius 1 is 1.05 bits per heavy atom. The van der Waals surface area contributed by atoms with Gasteiger partial charge in [0.05, 0.1) is 23.3 Å². The Bertz CT molecular complexity index is 1340. The van der Waals surface area contributed by atoms with Crippen LogP contribution in [0.3, 0.4) is 0 Å². The van der Waals surface area contributed by atoms with Crippen LogP contribution in [0.1, 0.15) is 30.9 Å². The lowest BCUT2D eigenvalue weighted by Crippen LogP contribution is -2.65. The van der Waals surface area contributed by atoms with E-state index in [1.54, 1.807) is 0 Å². The van der Waals surface area contributed by atoms with Crippen molar-refractivity contribution in [2.75, 3.05) is 55.6 Å². The number of fused-ring (bicyclic) bond motifs is 1. The summed E-state index contributed by atoms with van der Waals surface area (Å²) in [6, 6.07) is 19.5. The number of hydrogen-bond donors (Lipinski definition) is 1. The minimum absolute atomic E-state index is 0.0511. The van der Waals surface area contributed by atoms with E-state index in [1.807, 2.05) is 20.0 Å². The van der Waals surface area contributed by atoms with Gasteiger partial charge in [-0.05, 0) is 55.3 Å². The van der Waals surface area contributed by atoms with E-state index in [1.165, 1.54) is 11.3 Å². The monoisotopic (exact) mass is 494 g/mol. The number of morpholine rings is 1. The Labute approximate surface area is 220 Å². The minimum Gasteiger partial charge on any atom is -0.370 e. The molecule has 0 radical (unpaired) electrons. The normalized spacial score (nSPS) is 23.9. The van der Waals surface area contributed by atoms with E-state index >= 15 is 0 Å². The van der Waals surface area contributed by atoms with Crippen LogP contribution in [0.4, 0.5) is 11.4 Å². The maximum atomic E-state index is 9.58. The number of nitrogens with zero attached hydrogens (tertiary/aromatic N) is 5. The third-order valence-corrected chi connectivity index (χ3v) is 8.01. The van der Waals surface area contributed by atoms with Crippen molar-refractivity contribution < 1.29 is 4.74 Å². The first kappa shape index (κ1) is 24.2. The highest BCUT2D eigenvalue weighted by atomic mass is 16.5. The van der Waals surface area contributed by atoms with Gasteiger partial charge < -0.3 is 20.3 Å². The fourth-order valence-corrected chi connectivity index (χ4v) is 6.19. The molecular weight excluding hydrogens is 459 g/mol. The van der Waals surface area contributed by atoms with Gasteiger partial charge in [0.2, 0.25) is 0 Å². The average Bonchev–Trinajstić information content (AvgIpc) is 2.83. The van der Waals surface area contributed by atoms with E-state index < -0.39 is 0 Å². The van der Waals surface area contributed by atoms with E-state index in [4.69, 9.17) is 10.5 Å². The highest BCUT2D eigenvalue weighted by Gasteiger charge is 2.36. The smallest absolute Gasteiger partial charge is 0.163 e. The summed E-state index contributed by atoms with van der Waals surface area (Å²) in [6.45, 7) is 10.9. The van der Waals surface area contributed by atoms with Crippen molar-refractivity contribution >= 4 is 35.7 Å². The molecule has 1 aromatic heterocycles. The quantitative estimate of drug-likeness (QED) is 0.540. The van der Waals surface area contributed by atoms with Gasteiger partial charge in [-0.25, -0.2) is 0 Å². The Kier molecular flexibility index (Phi) is 6.11. The molecule has 3 aliphatic heterocycles. The zero-order valence-corrected chi connectivity index (χ0v) is 22.0. The summed E-state index contributed by atoms with van der Waals surface area (Å²) in [6.07, 6.45) is 0.289. The molecule has 3 fully saturated rings. The van der Waals surface area contributed by atoms with Gasteiger partial charge in [-0.3, -0.25) is 9.88 Å². The number of likely N-dealkylation sites (tertiary alicyclic amines) is 1. The molecule has 0 unspecified atom stereocenters. The van der Waals surface area contributed by atoms with Gasteiger partial charge in [0.25, 0.3) is 0 Å². The number of anilines is 2. The van der Waals surface area contributed by atoms with Crippen molar-refractivity contribution in [1.82, 2.24) is 9.88 Å². The van der Waals surface area contributed by atoms with Crippen LogP contribution >= 0.6 is 0 Å². The highest BCUT2D eigenvalue weighted by molar-refractivity contribution is 6.31. The summed E-state index contributed by atoms with van der Waals surface area (Å²) in [5, 5.41) is 10.6. The molecule has 3 saturated heterocycles. The lowest BCUT2D eigenvalue weighted by molar-refractivity contribution is -0.0434. The summed E-state index contributed by atoms with van der Waals surface area (Å²) in [5.41, 5.74) is 12.3. The van der Waals surface area contributed by atoms with E-state index in [0.717, 1.165) is 68.0 Å². The molecule has 6 rings (SSSR count). The first-order valence-corrected chi connectivity index (χ1v) is 13.3. The van der Waals surface area contributed by atoms with Crippen LogP contribution < -0.4 is 21.1 Å². The fourth-order valence-electron chi connectivity index (χ4n) is 6.19. The third kappa shape index (κ3) is 4.79. The largest absolute Gasteiger partial charge is 0.370 e. The average molecular weight is 494 g/mol. The van der Waals surface area contributed by atoms with Crippen molar-refractivity contribution in [2.24, 2.45) is 5.73 Å². The zero-order chi connectivity index (χ0) is 25.7. The SMILES string of the molecule is Bc1ccc2c(N3C[C@H](CN4CC(c5ccc(N6CC(C)(N)C6)cc5)C4)O[C@H](C)C3)ccc(C#N)c2n1. The first-order valence-electron chi connectivity index (χ1n) is 13.3. The lowest BCUT2D eigenvalue weighted by Gasteiger charge is -2.47. The minimum atomic E-state index is -0.0511. The molecule has 3 aliphatic rings. The summed E-state index contributed by atoms with van der Waals surface area (Å²) >= 11 is 0. The van der Waals surface area contributed by atoms with Crippen LogP contribution in [0.5, 0.6) is 0 Å². The zero-order valence-electron chi connectivity index (χ0n) is 22.0. The van der Waals surface area contributed by atoms with Crippen molar-refractivity contribution in [3.63, 3.8) is 0 Å². The number of benzene rings is 2. The summed E-state index contributed by atoms with van der Waals surface area (Å²) < 4.78 is 6.37. The molecule has 0 amide bonds. The number of ether oxygens (including phenoxy) is 1. The van der Waals surface area contributed by atoms with E-state index in [-0.39, 0.29) is 17.7 Å². The lowest BCUT2D eigenvalue weighted by atomic mass is 9.89. The summed E-state index contributed by atoms with van der Waals surface area (Å²) in [4.78, 5) is 12.0. The number of nitriles is 1. The van der Waals surface area contributed by atoms with Crippen LogP contribution in [0.25, 0.3) is 10.9 Å². The van der Waals surface area contributed by atoms with Gasteiger partial charge in [0, 0.05) is 74.0 Å². The van der Waals surface area contributed by atoms with Gasteiger partial charge in [-0.1, -0.05) is 18.2 Å². The number of pyridine rings is 1. The molecule has 2 atom stereocenters. The Hall–Kier alpha value is -3.12. The summed E-state index contributed by atoms with van der Waals surface area (Å²) in [7, 11) is 1.97. The highest BCUT2D eigenvalue weighted by Crippen LogP contribution is 2.33. The predicted octanol–water partition coefficient (Wildman–Crippen LogP) is 1.60. The molecule has 0 bridgehead atoms. The molecular formula is C29H35BN6O. The van der Waals surface area contributed by atoms with Crippen molar-refractivity contribution in [2.45, 2.75) is 37.5 Å². The van der Waals surface area contributed by atoms with Crippen LogP contribution in [-0.4, -0.2) is 81.3 Å². The molecule has 37 heavy (non-hydrogen) atoms. The molecule has 0 spiro atoms.